The van der Waals surface area contributed by atoms with Gasteiger partial charge in [-0.25, -0.2) is 0 Å². The molecular weight excluding hydrogens is 236 g/mol. The Hall–Kier alpha value is -0.900. The summed E-state index contributed by atoms with van der Waals surface area (Å²) in [5, 5.41) is 9.72. The van der Waals surface area contributed by atoms with Crippen molar-refractivity contribution in [2.75, 3.05) is 20.1 Å². The highest BCUT2D eigenvalue weighted by Crippen LogP contribution is 2.19. The summed E-state index contributed by atoms with van der Waals surface area (Å²) in [6.07, 6.45) is 1.51. The van der Waals surface area contributed by atoms with Crippen LogP contribution in [0.5, 0.6) is 0 Å². The zero-order valence-corrected chi connectivity index (χ0v) is 12.5. The molecular formula is C16H28N2O. The predicted octanol–water partition coefficient (Wildman–Crippen LogP) is 2.34. The van der Waals surface area contributed by atoms with Gasteiger partial charge in [-0.15, -0.1) is 0 Å². The maximum atomic E-state index is 9.72. The standard InChI is InChI=1S/C16H28N2O/c1-4-13(2)15-7-5-14(6-8-15)11-18(3)12-16(19)9-10-17/h5-8,13,16,19H,4,9-12,17H2,1-3H3. The van der Waals surface area contributed by atoms with Crippen LogP contribution in [0.15, 0.2) is 24.3 Å². The van der Waals surface area contributed by atoms with Crippen LogP contribution in [0.3, 0.4) is 0 Å². The highest BCUT2D eigenvalue weighted by molar-refractivity contribution is 5.24. The molecule has 0 heterocycles. The summed E-state index contributed by atoms with van der Waals surface area (Å²) < 4.78 is 0. The minimum absolute atomic E-state index is 0.325. The molecule has 1 aromatic carbocycles. The van der Waals surface area contributed by atoms with Crippen LogP contribution in [0.1, 0.15) is 43.7 Å². The van der Waals surface area contributed by atoms with Gasteiger partial charge in [0, 0.05) is 13.1 Å². The smallest absolute Gasteiger partial charge is 0.0679 e. The lowest BCUT2D eigenvalue weighted by molar-refractivity contribution is 0.117. The van der Waals surface area contributed by atoms with Crippen molar-refractivity contribution in [2.24, 2.45) is 5.73 Å². The number of likely N-dealkylation sites (N-methyl/N-ethyl adjacent to an activating group) is 1. The van der Waals surface area contributed by atoms with E-state index in [1.807, 2.05) is 7.05 Å². The third-order valence-electron chi connectivity index (χ3n) is 3.64. The molecule has 1 rings (SSSR count). The molecule has 0 aliphatic carbocycles. The van der Waals surface area contributed by atoms with Gasteiger partial charge in [0.15, 0.2) is 0 Å². The molecule has 0 saturated heterocycles. The molecule has 0 amide bonds. The Morgan fingerprint density at radius 1 is 1.26 bits per heavy atom. The first-order valence-electron chi connectivity index (χ1n) is 7.22. The van der Waals surface area contributed by atoms with Crippen molar-refractivity contribution in [2.45, 2.75) is 45.3 Å². The van der Waals surface area contributed by atoms with Crippen molar-refractivity contribution in [3.05, 3.63) is 35.4 Å². The molecule has 1 aromatic rings. The zero-order chi connectivity index (χ0) is 14.3. The number of rotatable bonds is 8. The van der Waals surface area contributed by atoms with E-state index in [-0.39, 0.29) is 6.10 Å². The molecule has 0 saturated carbocycles. The predicted molar refractivity (Wildman–Crippen MR) is 81.2 cm³/mol. The lowest BCUT2D eigenvalue weighted by Crippen LogP contribution is -2.30. The monoisotopic (exact) mass is 264 g/mol. The average Bonchev–Trinajstić information content (AvgIpc) is 2.38. The van der Waals surface area contributed by atoms with Gasteiger partial charge in [0.25, 0.3) is 0 Å². The quantitative estimate of drug-likeness (QED) is 0.757. The van der Waals surface area contributed by atoms with Crippen LogP contribution in [0, 0.1) is 0 Å². The van der Waals surface area contributed by atoms with Crippen molar-refractivity contribution in [1.82, 2.24) is 4.90 Å². The highest BCUT2D eigenvalue weighted by Gasteiger charge is 2.08. The van der Waals surface area contributed by atoms with Crippen molar-refractivity contribution < 1.29 is 5.11 Å². The van der Waals surface area contributed by atoms with E-state index in [1.54, 1.807) is 0 Å². The maximum absolute atomic E-state index is 9.72. The molecule has 0 aromatic heterocycles. The average molecular weight is 264 g/mol. The summed E-state index contributed by atoms with van der Waals surface area (Å²) in [5.74, 6) is 0.623. The van der Waals surface area contributed by atoms with E-state index in [1.165, 1.54) is 17.5 Å². The van der Waals surface area contributed by atoms with Crippen molar-refractivity contribution in [3.8, 4) is 0 Å². The Kier molecular flexibility index (Phi) is 7.06. The van der Waals surface area contributed by atoms with E-state index in [0.717, 1.165) is 6.54 Å². The SMILES string of the molecule is CCC(C)c1ccc(CN(C)CC(O)CCN)cc1. The van der Waals surface area contributed by atoms with Crippen LogP contribution in [-0.4, -0.2) is 36.2 Å². The summed E-state index contributed by atoms with van der Waals surface area (Å²) >= 11 is 0. The number of hydrogen-bond acceptors (Lipinski definition) is 3. The lowest BCUT2D eigenvalue weighted by atomic mass is 9.97. The third kappa shape index (κ3) is 5.72. The number of nitrogens with two attached hydrogens (primary N) is 1. The fraction of sp³-hybridized carbons (Fsp3) is 0.625. The Morgan fingerprint density at radius 3 is 2.42 bits per heavy atom. The third-order valence-corrected chi connectivity index (χ3v) is 3.64. The van der Waals surface area contributed by atoms with Gasteiger partial charge in [0.2, 0.25) is 0 Å². The molecule has 19 heavy (non-hydrogen) atoms. The molecule has 108 valence electrons. The van der Waals surface area contributed by atoms with Gasteiger partial charge < -0.3 is 10.8 Å². The minimum atomic E-state index is -0.325. The summed E-state index contributed by atoms with van der Waals surface area (Å²) in [4.78, 5) is 2.14. The molecule has 3 heteroatoms. The lowest BCUT2D eigenvalue weighted by Gasteiger charge is -2.20. The van der Waals surface area contributed by atoms with Gasteiger partial charge in [-0.05, 0) is 43.5 Å². The van der Waals surface area contributed by atoms with Gasteiger partial charge in [-0.3, -0.25) is 4.90 Å². The maximum Gasteiger partial charge on any atom is 0.0679 e. The van der Waals surface area contributed by atoms with Gasteiger partial charge in [-0.1, -0.05) is 38.1 Å². The second-order valence-corrected chi connectivity index (χ2v) is 5.48. The second kappa shape index (κ2) is 8.31. The molecule has 0 aliphatic heterocycles. The molecule has 0 fully saturated rings. The summed E-state index contributed by atoms with van der Waals surface area (Å²) in [7, 11) is 2.03. The number of aliphatic hydroxyl groups is 1. The summed E-state index contributed by atoms with van der Waals surface area (Å²) in [6, 6.07) is 8.81. The van der Waals surface area contributed by atoms with Gasteiger partial charge in [0.05, 0.1) is 6.10 Å². The molecule has 3 nitrogen and oxygen atoms in total. The summed E-state index contributed by atoms with van der Waals surface area (Å²) in [5.41, 5.74) is 8.12. The molecule has 2 atom stereocenters. The zero-order valence-electron chi connectivity index (χ0n) is 12.5. The molecule has 0 radical (unpaired) electrons. The van der Waals surface area contributed by atoms with Crippen LogP contribution in [0.2, 0.25) is 0 Å². The van der Waals surface area contributed by atoms with E-state index in [0.29, 0.717) is 25.4 Å². The summed E-state index contributed by atoms with van der Waals surface area (Å²) in [6.45, 7) is 6.54. The van der Waals surface area contributed by atoms with E-state index < -0.39 is 0 Å². The Labute approximate surface area is 117 Å². The number of aliphatic hydroxyl groups excluding tert-OH is 1. The van der Waals surface area contributed by atoms with Crippen molar-refractivity contribution in [3.63, 3.8) is 0 Å². The fourth-order valence-corrected chi connectivity index (χ4v) is 2.21. The van der Waals surface area contributed by atoms with Gasteiger partial charge in [-0.2, -0.15) is 0 Å². The topological polar surface area (TPSA) is 49.5 Å². The second-order valence-electron chi connectivity index (χ2n) is 5.48. The highest BCUT2D eigenvalue weighted by atomic mass is 16.3. The van der Waals surface area contributed by atoms with Crippen LogP contribution in [-0.2, 0) is 6.54 Å². The van der Waals surface area contributed by atoms with E-state index >= 15 is 0 Å². The van der Waals surface area contributed by atoms with Gasteiger partial charge in [0.1, 0.15) is 0 Å². The first kappa shape index (κ1) is 16.2. The Morgan fingerprint density at radius 2 is 1.89 bits per heavy atom. The van der Waals surface area contributed by atoms with Crippen molar-refractivity contribution in [1.29, 1.82) is 0 Å². The molecule has 2 unspecified atom stereocenters. The molecule has 0 aliphatic rings. The first-order valence-corrected chi connectivity index (χ1v) is 7.22. The minimum Gasteiger partial charge on any atom is -0.392 e. The Balaban J connectivity index is 2.48. The van der Waals surface area contributed by atoms with Gasteiger partial charge >= 0.3 is 0 Å². The Bertz CT molecular complexity index is 350. The molecule has 0 bridgehead atoms. The number of nitrogens with zero attached hydrogens (tertiary/aromatic N) is 1. The first-order chi connectivity index (χ1) is 9.06. The fourth-order valence-electron chi connectivity index (χ4n) is 2.21. The molecule has 3 N–H and O–H groups in total. The largest absolute Gasteiger partial charge is 0.392 e. The van der Waals surface area contributed by atoms with Crippen LogP contribution < -0.4 is 5.73 Å². The number of hydrogen-bond donors (Lipinski definition) is 2. The van der Waals surface area contributed by atoms with Crippen molar-refractivity contribution >= 4 is 0 Å². The van der Waals surface area contributed by atoms with Crippen LogP contribution >= 0.6 is 0 Å². The normalized spacial score (nSPS) is 14.6. The molecule has 0 spiro atoms. The van der Waals surface area contributed by atoms with E-state index in [2.05, 4.69) is 43.0 Å². The number of benzene rings is 1. The van der Waals surface area contributed by atoms with Crippen LogP contribution in [0.25, 0.3) is 0 Å². The van der Waals surface area contributed by atoms with E-state index in [4.69, 9.17) is 5.73 Å². The van der Waals surface area contributed by atoms with E-state index in [9.17, 15) is 5.11 Å². The van der Waals surface area contributed by atoms with Crippen LogP contribution in [0.4, 0.5) is 0 Å².